The number of carbonyl (C=O) groups excluding carboxylic acids is 2. The third-order valence-electron chi connectivity index (χ3n) is 3.80. The van der Waals surface area contributed by atoms with Gasteiger partial charge in [0.05, 0.1) is 12.0 Å². The maximum absolute atomic E-state index is 11.9. The lowest BCUT2D eigenvalue weighted by Crippen LogP contribution is -2.35. The molecule has 1 saturated carbocycles. The smallest absolute Gasteiger partial charge is 0.225 e. The number of benzene rings is 1. The van der Waals surface area contributed by atoms with Crippen molar-refractivity contribution in [1.29, 1.82) is 0 Å². The van der Waals surface area contributed by atoms with Gasteiger partial charge in [0.15, 0.2) is 0 Å². The van der Waals surface area contributed by atoms with Crippen molar-refractivity contribution in [3.63, 3.8) is 0 Å². The fourth-order valence-electron chi connectivity index (χ4n) is 2.67. The Hall–Kier alpha value is -1.88. The summed E-state index contributed by atoms with van der Waals surface area (Å²) in [7, 11) is 0. The average Bonchev–Trinajstić information content (AvgIpc) is 2.86. The first-order chi connectivity index (χ1) is 10.1. The van der Waals surface area contributed by atoms with E-state index in [1.54, 1.807) is 0 Å². The third-order valence-corrected chi connectivity index (χ3v) is 3.80. The van der Waals surface area contributed by atoms with Crippen LogP contribution in [0.4, 0.5) is 5.69 Å². The molecule has 0 heterocycles. The van der Waals surface area contributed by atoms with Crippen molar-refractivity contribution >= 4 is 17.5 Å². The van der Waals surface area contributed by atoms with Crippen molar-refractivity contribution in [2.24, 2.45) is 5.92 Å². The third kappa shape index (κ3) is 4.56. The molecule has 5 nitrogen and oxygen atoms in total. The van der Waals surface area contributed by atoms with Crippen molar-refractivity contribution in [2.75, 3.05) is 11.9 Å². The summed E-state index contributed by atoms with van der Waals surface area (Å²) in [6, 6.07) is 7.56. The summed E-state index contributed by atoms with van der Waals surface area (Å²) < 4.78 is 0. The van der Waals surface area contributed by atoms with Gasteiger partial charge in [0.1, 0.15) is 0 Å². The van der Waals surface area contributed by atoms with Gasteiger partial charge >= 0.3 is 0 Å². The minimum atomic E-state index is -0.484. The Morgan fingerprint density at radius 1 is 1.24 bits per heavy atom. The number of amides is 2. The van der Waals surface area contributed by atoms with Crippen molar-refractivity contribution in [2.45, 2.75) is 38.7 Å². The molecule has 0 radical (unpaired) electrons. The van der Waals surface area contributed by atoms with Gasteiger partial charge in [-0.25, -0.2) is 0 Å². The quantitative estimate of drug-likeness (QED) is 0.768. The minimum Gasteiger partial charge on any atom is -0.392 e. The van der Waals surface area contributed by atoms with E-state index in [9.17, 15) is 14.7 Å². The van der Waals surface area contributed by atoms with E-state index in [2.05, 4.69) is 10.6 Å². The highest BCUT2D eigenvalue weighted by Gasteiger charge is 2.30. The van der Waals surface area contributed by atoms with E-state index >= 15 is 0 Å². The number of hydrogen-bond donors (Lipinski definition) is 3. The van der Waals surface area contributed by atoms with Crippen molar-refractivity contribution in [3.8, 4) is 0 Å². The second-order valence-corrected chi connectivity index (χ2v) is 5.52. The fraction of sp³-hybridized carbons (Fsp3) is 0.500. The minimum absolute atomic E-state index is 0.0464. The van der Waals surface area contributed by atoms with Gasteiger partial charge in [-0.2, -0.15) is 0 Å². The SMILES string of the molecule is CC(=O)Nc1ccc(CCNC(=O)C2CCCC2O)cc1. The van der Waals surface area contributed by atoms with Gasteiger partial charge in [-0.3, -0.25) is 9.59 Å². The normalized spacial score (nSPS) is 21.0. The standard InChI is InChI=1S/C16H22N2O3/c1-11(19)18-13-7-5-12(6-8-13)9-10-17-16(21)14-3-2-4-15(14)20/h5-8,14-15,20H,2-4,9-10H2,1H3,(H,17,21)(H,18,19). The Labute approximate surface area is 124 Å². The number of anilines is 1. The Morgan fingerprint density at radius 3 is 2.52 bits per heavy atom. The molecule has 0 saturated heterocycles. The van der Waals surface area contributed by atoms with Crippen LogP contribution in [0.3, 0.4) is 0 Å². The molecule has 0 spiro atoms. The summed E-state index contributed by atoms with van der Waals surface area (Å²) >= 11 is 0. The lowest BCUT2D eigenvalue weighted by atomic mass is 10.1. The van der Waals surface area contributed by atoms with E-state index < -0.39 is 6.10 Å². The molecule has 0 bridgehead atoms. The summed E-state index contributed by atoms with van der Waals surface area (Å²) in [6.45, 7) is 2.03. The highest BCUT2D eigenvalue weighted by Crippen LogP contribution is 2.25. The molecule has 3 N–H and O–H groups in total. The van der Waals surface area contributed by atoms with Crippen molar-refractivity contribution < 1.29 is 14.7 Å². The van der Waals surface area contributed by atoms with E-state index in [-0.39, 0.29) is 17.7 Å². The molecular formula is C16H22N2O3. The van der Waals surface area contributed by atoms with Gasteiger partial charge < -0.3 is 15.7 Å². The first kappa shape index (κ1) is 15.5. The van der Waals surface area contributed by atoms with Crippen LogP contribution in [-0.4, -0.2) is 29.6 Å². The Morgan fingerprint density at radius 2 is 1.95 bits per heavy atom. The van der Waals surface area contributed by atoms with Gasteiger partial charge in [-0.15, -0.1) is 0 Å². The van der Waals surface area contributed by atoms with E-state index in [1.165, 1.54) is 6.92 Å². The molecule has 2 atom stereocenters. The van der Waals surface area contributed by atoms with Crippen LogP contribution in [0, 0.1) is 5.92 Å². The first-order valence-corrected chi connectivity index (χ1v) is 7.38. The molecular weight excluding hydrogens is 268 g/mol. The average molecular weight is 290 g/mol. The molecule has 0 aliphatic heterocycles. The van der Waals surface area contributed by atoms with Gasteiger partial charge in [0.25, 0.3) is 0 Å². The lowest BCUT2D eigenvalue weighted by molar-refractivity contribution is -0.127. The zero-order valence-corrected chi connectivity index (χ0v) is 12.3. The maximum atomic E-state index is 11.9. The van der Waals surface area contributed by atoms with Gasteiger partial charge in [-0.05, 0) is 43.4 Å². The summed E-state index contributed by atoms with van der Waals surface area (Å²) in [5.74, 6) is -0.382. The molecule has 1 aliphatic rings. The van der Waals surface area contributed by atoms with Crippen LogP contribution in [0.15, 0.2) is 24.3 Å². The molecule has 2 amide bonds. The Balaban J connectivity index is 1.75. The predicted octanol–water partition coefficient (Wildman–Crippen LogP) is 1.46. The van der Waals surface area contributed by atoms with Crippen LogP contribution in [0.2, 0.25) is 0 Å². The second kappa shape index (κ2) is 7.22. The van der Waals surface area contributed by atoms with Crippen LogP contribution in [0.25, 0.3) is 0 Å². The van der Waals surface area contributed by atoms with Gasteiger partial charge in [0.2, 0.25) is 11.8 Å². The van der Waals surface area contributed by atoms with Crippen LogP contribution in [-0.2, 0) is 16.0 Å². The van der Waals surface area contributed by atoms with Crippen LogP contribution >= 0.6 is 0 Å². The first-order valence-electron chi connectivity index (χ1n) is 7.38. The summed E-state index contributed by atoms with van der Waals surface area (Å²) in [4.78, 5) is 22.8. The zero-order valence-electron chi connectivity index (χ0n) is 12.3. The molecule has 1 aromatic carbocycles. The summed E-state index contributed by atoms with van der Waals surface area (Å²) in [6.07, 6.45) is 2.67. The molecule has 21 heavy (non-hydrogen) atoms. The molecule has 2 rings (SSSR count). The fourth-order valence-corrected chi connectivity index (χ4v) is 2.67. The van der Waals surface area contributed by atoms with Gasteiger partial charge in [0, 0.05) is 19.2 Å². The van der Waals surface area contributed by atoms with Crippen LogP contribution in [0.5, 0.6) is 0 Å². The molecule has 1 aliphatic carbocycles. The van der Waals surface area contributed by atoms with Crippen molar-refractivity contribution in [1.82, 2.24) is 5.32 Å². The van der Waals surface area contributed by atoms with E-state index in [0.29, 0.717) is 6.54 Å². The van der Waals surface area contributed by atoms with Crippen LogP contribution < -0.4 is 10.6 Å². The second-order valence-electron chi connectivity index (χ2n) is 5.52. The Kier molecular flexibility index (Phi) is 5.33. The number of rotatable bonds is 5. The largest absolute Gasteiger partial charge is 0.392 e. The predicted molar refractivity (Wildman–Crippen MR) is 80.8 cm³/mol. The van der Waals surface area contributed by atoms with E-state index in [4.69, 9.17) is 0 Å². The van der Waals surface area contributed by atoms with E-state index in [0.717, 1.165) is 36.9 Å². The van der Waals surface area contributed by atoms with E-state index in [1.807, 2.05) is 24.3 Å². The monoisotopic (exact) mass is 290 g/mol. The molecule has 0 aromatic heterocycles. The summed E-state index contributed by atoms with van der Waals surface area (Å²) in [5.41, 5.74) is 1.86. The number of carbonyl (C=O) groups is 2. The molecule has 114 valence electrons. The van der Waals surface area contributed by atoms with Gasteiger partial charge in [-0.1, -0.05) is 12.1 Å². The topological polar surface area (TPSA) is 78.4 Å². The highest BCUT2D eigenvalue weighted by molar-refractivity contribution is 5.88. The highest BCUT2D eigenvalue weighted by atomic mass is 16.3. The van der Waals surface area contributed by atoms with Crippen molar-refractivity contribution in [3.05, 3.63) is 29.8 Å². The molecule has 1 aromatic rings. The lowest BCUT2D eigenvalue weighted by Gasteiger charge is -2.14. The number of aliphatic hydroxyl groups is 1. The Bertz CT molecular complexity index is 499. The summed E-state index contributed by atoms with van der Waals surface area (Å²) in [5, 5.41) is 15.3. The number of nitrogens with one attached hydrogen (secondary N) is 2. The number of hydrogen-bond acceptors (Lipinski definition) is 3. The maximum Gasteiger partial charge on any atom is 0.225 e. The zero-order chi connectivity index (χ0) is 15.2. The van der Waals surface area contributed by atoms with Crippen LogP contribution in [0.1, 0.15) is 31.7 Å². The molecule has 2 unspecified atom stereocenters. The molecule has 1 fully saturated rings. The number of aliphatic hydroxyl groups excluding tert-OH is 1. The molecule has 5 heteroatoms.